The predicted octanol–water partition coefficient (Wildman–Crippen LogP) is 0.0928. The summed E-state index contributed by atoms with van der Waals surface area (Å²) in [5.41, 5.74) is 0. The van der Waals surface area contributed by atoms with Crippen LogP contribution >= 0.6 is 0 Å². The molecule has 1 aliphatic heterocycles. The molecule has 18 heavy (non-hydrogen) atoms. The van der Waals surface area contributed by atoms with Crippen LogP contribution in [-0.4, -0.2) is 40.2 Å². The lowest BCUT2D eigenvalue weighted by Gasteiger charge is -2.22. The first-order valence-electron chi connectivity index (χ1n) is 6.75. The number of nitrogens with one attached hydrogen (secondary N) is 3. The maximum atomic E-state index is 11.6. The number of amides is 1. The zero-order chi connectivity index (χ0) is 12.4. The zero-order valence-corrected chi connectivity index (χ0v) is 10.4. The van der Waals surface area contributed by atoms with Crippen molar-refractivity contribution in [3.8, 4) is 0 Å². The van der Waals surface area contributed by atoms with Crippen molar-refractivity contribution >= 4 is 5.91 Å². The van der Waals surface area contributed by atoms with Gasteiger partial charge in [-0.1, -0.05) is 12.8 Å². The third kappa shape index (κ3) is 2.38. The Morgan fingerprint density at radius 1 is 1.22 bits per heavy atom. The van der Waals surface area contributed by atoms with E-state index in [-0.39, 0.29) is 11.9 Å². The van der Waals surface area contributed by atoms with E-state index in [1.165, 1.54) is 25.7 Å². The van der Waals surface area contributed by atoms with E-state index in [1.54, 1.807) is 0 Å². The second-order valence-electron chi connectivity index (χ2n) is 5.12. The summed E-state index contributed by atoms with van der Waals surface area (Å²) in [6.07, 6.45) is 5.53. The molecule has 3 N–H and O–H groups in total. The van der Waals surface area contributed by atoms with Gasteiger partial charge in [-0.05, 0) is 12.8 Å². The summed E-state index contributed by atoms with van der Waals surface area (Å²) < 4.78 is 0. The molecule has 2 heterocycles. The van der Waals surface area contributed by atoms with Crippen molar-refractivity contribution in [2.24, 2.45) is 0 Å². The first kappa shape index (κ1) is 11.6. The lowest BCUT2D eigenvalue weighted by Crippen LogP contribution is -2.53. The molecule has 1 amide bonds. The van der Waals surface area contributed by atoms with Crippen molar-refractivity contribution in [2.75, 3.05) is 13.1 Å². The molecule has 6 heteroatoms. The van der Waals surface area contributed by atoms with E-state index in [2.05, 4.69) is 25.8 Å². The Morgan fingerprint density at radius 3 is 2.83 bits per heavy atom. The van der Waals surface area contributed by atoms with Gasteiger partial charge in [-0.25, -0.2) is 4.98 Å². The molecule has 2 aliphatic rings. The average Bonchev–Trinajstić information content (AvgIpc) is 3.02. The largest absolute Gasteiger partial charge is 0.353 e. The van der Waals surface area contributed by atoms with Crippen LogP contribution < -0.4 is 10.6 Å². The molecule has 0 aromatic carbocycles. The topological polar surface area (TPSA) is 82.7 Å². The van der Waals surface area contributed by atoms with Crippen LogP contribution in [0.15, 0.2) is 0 Å². The minimum absolute atomic E-state index is 0.0556. The molecule has 6 nitrogen and oxygen atoms in total. The van der Waals surface area contributed by atoms with Gasteiger partial charge in [-0.15, -0.1) is 0 Å². The molecule has 1 aromatic heterocycles. The van der Waals surface area contributed by atoms with E-state index >= 15 is 0 Å². The minimum Gasteiger partial charge on any atom is -0.353 e. The fraction of sp³-hybridized carbons (Fsp3) is 0.750. The Labute approximate surface area is 106 Å². The molecular formula is C12H19N5O. The van der Waals surface area contributed by atoms with Crippen LogP contribution in [0.3, 0.4) is 0 Å². The molecule has 0 spiro atoms. The maximum Gasteiger partial charge on any atom is 0.237 e. The Bertz CT molecular complexity index is 424. The third-order valence-corrected chi connectivity index (χ3v) is 3.80. The highest BCUT2D eigenvalue weighted by molar-refractivity contribution is 5.82. The highest BCUT2D eigenvalue weighted by atomic mass is 16.2. The first-order chi connectivity index (χ1) is 8.83. The summed E-state index contributed by atoms with van der Waals surface area (Å²) in [4.78, 5) is 16.2. The number of H-pyrrole nitrogens is 1. The van der Waals surface area contributed by atoms with Crippen LogP contribution in [-0.2, 0) is 11.2 Å². The van der Waals surface area contributed by atoms with Gasteiger partial charge in [0.05, 0.1) is 6.04 Å². The Balaban J connectivity index is 1.64. The molecule has 1 saturated carbocycles. The van der Waals surface area contributed by atoms with Crippen molar-refractivity contribution in [3.05, 3.63) is 11.6 Å². The van der Waals surface area contributed by atoms with Crippen molar-refractivity contribution in [2.45, 2.75) is 44.1 Å². The number of nitrogens with zero attached hydrogens (tertiary/aromatic N) is 2. The second-order valence-corrected chi connectivity index (χ2v) is 5.12. The summed E-state index contributed by atoms with van der Waals surface area (Å²) in [5.74, 6) is 2.31. The van der Waals surface area contributed by atoms with Crippen molar-refractivity contribution in [3.63, 3.8) is 0 Å². The van der Waals surface area contributed by atoms with Gasteiger partial charge >= 0.3 is 0 Å². The normalized spacial score (nSPS) is 25.3. The standard InChI is InChI=1S/C12H19N5O/c18-12-9(13-5-6-14-12)7-10-15-11(17-16-10)8-3-1-2-4-8/h8-9,13H,1-7H2,(H,14,18)(H,15,16,17). The van der Waals surface area contributed by atoms with E-state index < -0.39 is 0 Å². The molecule has 1 aliphatic carbocycles. The van der Waals surface area contributed by atoms with Crippen LogP contribution in [0.25, 0.3) is 0 Å². The van der Waals surface area contributed by atoms with E-state index in [9.17, 15) is 4.79 Å². The number of piperazine rings is 1. The number of carbonyl (C=O) groups excluding carboxylic acids is 1. The highest BCUT2D eigenvalue weighted by Gasteiger charge is 2.25. The van der Waals surface area contributed by atoms with Gasteiger partial charge in [-0.3, -0.25) is 9.89 Å². The fourth-order valence-corrected chi connectivity index (χ4v) is 2.77. The zero-order valence-electron chi connectivity index (χ0n) is 10.4. The van der Waals surface area contributed by atoms with E-state index in [4.69, 9.17) is 0 Å². The lowest BCUT2D eigenvalue weighted by atomic mass is 10.1. The van der Waals surface area contributed by atoms with Crippen LogP contribution in [0.2, 0.25) is 0 Å². The van der Waals surface area contributed by atoms with Crippen molar-refractivity contribution in [1.29, 1.82) is 0 Å². The van der Waals surface area contributed by atoms with Gasteiger partial charge in [0.15, 0.2) is 5.82 Å². The molecule has 1 atom stereocenters. The lowest BCUT2D eigenvalue weighted by molar-refractivity contribution is -0.124. The molecule has 2 fully saturated rings. The van der Waals surface area contributed by atoms with Gasteiger partial charge in [0.25, 0.3) is 0 Å². The molecule has 0 radical (unpaired) electrons. The van der Waals surface area contributed by atoms with E-state index in [0.717, 1.165) is 18.2 Å². The van der Waals surface area contributed by atoms with Gasteiger partial charge < -0.3 is 10.6 Å². The second kappa shape index (κ2) is 5.06. The van der Waals surface area contributed by atoms with Crippen molar-refractivity contribution in [1.82, 2.24) is 25.8 Å². The molecular weight excluding hydrogens is 230 g/mol. The molecule has 1 saturated heterocycles. The minimum atomic E-state index is -0.178. The molecule has 1 unspecified atom stereocenters. The van der Waals surface area contributed by atoms with Gasteiger partial charge in [-0.2, -0.15) is 5.10 Å². The predicted molar refractivity (Wildman–Crippen MR) is 66.1 cm³/mol. The van der Waals surface area contributed by atoms with Gasteiger partial charge in [0.2, 0.25) is 5.91 Å². The van der Waals surface area contributed by atoms with Crippen molar-refractivity contribution < 1.29 is 4.79 Å². The molecule has 3 rings (SSSR count). The van der Waals surface area contributed by atoms with Gasteiger partial charge in [0.1, 0.15) is 5.82 Å². The summed E-state index contributed by atoms with van der Waals surface area (Å²) in [5, 5.41) is 13.3. The van der Waals surface area contributed by atoms with Gasteiger partial charge in [0, 0.05) is 25.4 Å². The molecule has 98 valence electrons. The highest BCUT2D eigenvalue weighted by Crippen LogP contribution is 2.31. The summed E-state index contributed by atoms with van der Waals surface area (Å²) in [6, 6.07) is -0.178. The summed E-state index contributed by atoms with van der Waals surface area (Å²) >= 11 is 0. The number of aromatic amines is 1. The SMILES string of the molecule is O=C1NCCNC1Cc1nc(C2CCCC2)n[nH]1. The Morgan fingerprint density at radius 2 is 2.06 bits per heavy atom. The van der Waals surface area contributed by atoms with E-state index in [0.29, 0.717) is 18.9 Å². The summed E-state index contributed by atoms with van der Waals surface area (Å²) in [6.45, 7) is 1.53. The Hall–Kier alpha value is -1.43. The maximum absolute atomic E-state index is 11.6. The molecule has 1 aromatic rings. The monoisotopic (exact) mass is 249 g/mol. The average molecular weight is 249 g/mol. The smallest absolute Gasteiger partial charge is 0.237 e. The first-order valence-corrected chi connectivity index (χ1v) is 6.75. The number of carbonyl (C=O) groups is 1. The van der Waals surface area contributed by atoms with E-state index in [1.807, 2.05) is 0 Å². The number of rotatable bonds is 3. The quantitative estimate of drug-likeness (QED) is 0.709. The number of aromatic nitrogens is 3. The summed E-state index contributed by atoms with van der Waals surface area (Å²) in [7, 11) is 0. The Kier molecular flexibility index (Phi) is 3.27. The third-order valence-electron chi connectivity index (χ3n) is 3.80. The van der Waals surface area contributed by atoms with Crippen LogP contribution in [0.1, 0.15) is 43.3 Å². The van der Waals surface area contributed by atoms with Crippen LogP contribution in [0.5, 0.6) is 0 Å². The van der Waals surface area contributed by atoms with Crippen LogP contribution in [0, 0.1) is 0 Å². The van der Waals surface area contributed by atoms with Crippen LogP contribution in [0.4, 0.5) is 0 Å². The number of hydrogen-bond acceptors (Lipinski definition) is 4. The number of hydrogen-bond donors (Lipinski definition) is 3. The fourth-order valence-electron chi connectivity index (χ4n) is 2.77. The molecule has 0 bridgehead atoms.